The van der Waals surface area contributed by atoms with Crippen molar-refractivity contribution in [3.63, 3.8) is 0 Å². The third kappa shape index (κ3) is 2.29. The van der Waals surface area contributed by atoms with Crippen molar-refractivity contribution < 1.29 is 14.6 Å². The maximum Gasteiger partial charge on any atom is 0.128 e. The molecule has 0 unspecified atom stereocenters. The zero-order valence-corrected chi connectivity index (χ0v) is 7.94. The van der Waals surface area contributed by atoms with Crippen molar-refractivity contribution in [2.75, 3.05) is 0 Å². The molecule has 0 saturated heterocycles. The van der Waals surface area contributed by atoms with Gasteiger partial charge in [-0.1, -0.05) is 6.07 Å². The minimum atomic E-state index is -0.702. The van der Waals surface area contributed by atoms with Crippen LogP contribution >= 0.6 is 0 Å². The molecule has 1 aromatic rings. The normalized spacial score (nSPS) is 15.2. The van der Waals surface area contributed by atoms with Crippen molar-refractivity contribution in [1.29, 1.82) is 0 Å². The summed E-state index contributed by atoms with van der Waals surface area (Å²) < 4.78 is 13.0. The molecule has 0 saturated carbocycles. The molecular formula is C10H14FNO2. The molecule has 0 aliphatic rings. The van der Waals surface area contributed by atoms with Gasteiger partial charge < -0.3 is 15.9 Å². The summed E-state index contributed by atoms with van der Waals surface area (Å²) in [4.78, 5) is 0. The molecule has 0 aliphatic carbocycles. The molecule has 2 atom stereocenters. The average molecular weight is 199 g/mol. The van der Waals surface area contributed by atoms with Crippen molar-refractivity contribution >= 4 is 0 Å². The van der Waals surface area contributed by atoms with E-state index in [2.05, 4.69) is 0 Å². The van der Waals surface area contributed by atoms with E-state index in [9.17, 15) is 9.50 Å². The highest BCUT2D eigenvalue weighted by Gasteiger charge is 2.13. The van der Waals surface area contributed by atoms with Crippen LogP contribution < -0.4 is 5.73 Å². The maximum absolute atomic E-state index is 13.0. The van der Waals surface area contributed by atoms with E-state index >= 15 is 0 Å². The minimum absolute atomic E-state index is 0.193. The van der Waals surface area contributed by atoms with E-state index in [4.69, 9.17) is 10.8 Å². The number of nitrogens with two attached hydrogens (primary N) is 1. The van der Waals surface area contributed by atoms with Crippen LogP contribution in [0.15, 0.2) is 18.2 Å². The monoisotopic (exact) mass is 199 g/mol. The molecule has 4 N–H and O–H groups in total. The molecule has 0 radical (unpaired) electrons. The molecule has 0 aromatic heterocycles. The van der Waals surface area contributed by atoms with Crippen LogP contribution in [0, 0.1) is 5.82 Å². The lowest BCUT2D eigenvalue weighted by Crippen LogP contribution is -2.23. The van der Waals surface area contributed by atoms with Gasteiger partial charge in [0.2, 0.25) is 0 Å². The first-order valence-electron chi connectivity index (χ1n) is 4.39. The second-order valence-electron chi connectivity index (χ2n) is 3.28. The largest absolute Gasteiger partial charge is 0.392 e. The van der Waals surface area contributed by atoms with E-state index in [1.165, 1.54) is 18.2 Å². The van der Waals surface area contributed by atoms with Crippen LogP contribution in [-0.2, 0) is 6.61 Å². The van der Waals surface area contributed by atoms with E-state index < -0.39 is 18.0 Å². The third-order valence-electron chi connectivity index (χ3n) is 2.14. The van der Waals surface area contributed by atoms with Crippen molar-refractivity contribution in [2.45, 2.75) is 25.7 Å². The maximum atomic E-state index is 13.0. The van der Waals surface area contributed by atoms with Gasteiger partial charge in [0.1, 0.15) is 5.82 Å². The Morgan fingerprint density at radius 1 is 1.50 bits per heavy atom. The van der Waals surface area contributed by atoms with Crippen molar-refractivity contribution in [1.82, 2.24) is 0 Å². The highest BCUT2D eigenvalue weighted by Crippen LogP contribution is 2.18. The van der Waals surface area contributed by atoms with E-state index in [0.29, 0.717) is 5.56 Å². The van der Waals surface area contributed by atoms with E-state index in [1.54, 1.807) is 6.92 Å². The lowest BCUT2D eigenvalue weighted by atomic mass is 10.0. The lowest BCUT2D eigenvalue weighted by Gasteiger charge is -2.15. The summed E-state index contributed by atoms with van der Waals surface area (Å²) in [6.45, 7) is 1.19. The average Bonchev–Trinajstić information content (AvgIpc) is 2.17. The number of hydrogen-bond donors (Lipinski definition) is 3. The first-order valence-corrected chi connectivity index (χ1v) is 4.39. The lowest BCUT2D eigenvalue weighted by molar-refractivity contribution is 0.164. The van der Waals surface area contributed by atoms with Crippen molar-refractivity contribution in [3.05, 3.63) is 35.1 Å². The second kappa shape index (κ2) is 4.50. The number of rotatable bonds is 3. The quantitative estimate of drug-likeness (QED) is 0.671. The van der Waals surface area contributed by atoms with Crippen LogP contribution in [0.4, 0.5) is 4.39 Å². The van der Waals surface area contributed by atoms with Gasteiger partial charge in [-0.3, -0.25) is 0 Å². The molecule has 1 aromatic carbocycles. The summed E-state index contributed by atoms with van der Waals surface area (Å²) in [5.41, 5.74) is 6.47. The Morgan fingerprint density at radius 2 is 2.14 bits per heavy atom. The van der Waals surface area contributed by atoms with Crippen LogP contribution in [0.2, 0.25) is 0 Å². The Bertz CT molecular complexity index is 315. The van der Waals surface area contributed by atoms with Crippen LogP contribution in [0.1, 0.15) is 24.1 Å². The van der Waals surface area contributed by atoms with Crippen LogP contribution in [0.5, 0.6) is 0 Å². The SMILES string of the molecule is C[C@@H](O)[C@@H](N)c1ccc(F)c(CO)c1. The number of halogens is 1. The summed E-state index contributed by atoms with van der Waals surface area (Å²) in [6.07, 6.45) is -0.702. The molecule has 0 bridgehead atoms. The van der Waals surface area contributed by atoms with Crippen LogP contribution in [0.25, 0.3) is 0 Å². The Kier molecular flexibility index (Phi) is 3.57. The number of hydrogen-bond acceptors (Lipinski definition) is 3. The van der Waals surface area contributed by atoms with Gasteiger partial charge in [-0.05, 0) is 24.6 Å². The molecule has 78 valence electrons. The first-order chi connectivity index (χ1) is 6.56. The zero-order chi connectivity index (χ0) is 10.7. The van der Waals surface area contributed by atoms with Gasteiger partial charge in [-0.15, -0.1) is 0 Å². The van der Waals surface area contributed by atoms with Crippen LogP contribution in [0.3, 0.4) is 0 Å². The van der Waals surface area contributed by atoms with Gasteiger partial charge in [0.25, 0.3) is 0 Å². The molecule has 3 nitrogen and oxygen atoms in total. The number of aliphatic hydroxyl groups is 2. The summed E-state index contributed by atoms with van der Waals surface area (Å²) in [5.74, 6) is -0.464. The fraction of sp³-hybridized carbons (Fsp3) is 0.400. The third-order valence-corrected chi connectivity index (χ3v) is 2.14. The standard InChI is InChI=1S/C10H14FNO2/c1-6(14)10(12)7-2-3-9(11)8(4-7)5-13/h2-4,6,10,13-14H,5,12H2,1H3/t6-,10-/m1/s1. The predicted molar refractivity (Wildman–Crippen MR) is 50.9 cm³/mol. The molecular weight excluding hydrogens is 185 g/mol. The molecule has 0 spiro atoms. The van der Waals surface area contributed by atoms with E-state index in [1.807, 2.05) is 0 Å². The molecule has 0 aliphatic heterocycles. The first kappa shape index (κ1) is 11.1. The Labute approximate surface area is 82.0 Å². The van der Waals surface area contributed by atoms with Gasteiger partial charge in [0, 0.05) is 5.56 Å². The van der Waals surface area contributed by atoms with Gasteiger partial charge in [0.05, 0.1) is 18.8 Å². The molecule has 14 heavy (non-hydrogen) atoms. The Balaban J connectivity index is 3.00. The molecule has 0 heterocycles. The molecule has 0 amide bonds. The smallest absolute Gasteiger partial charge is 0.128 e. The van der Waals surface area contributed by atoms with Crippen molar-refractivity contribution in [3.8, 4) is 0 Å². The molecule has 1 rings (SSSR count). The summed E-state index contributed by atoms with van der Waals surface area (Å²) in [7, 11) is 0. The van der Waals surface area contributed by atoms with Gasteiger partial charge in [0.15, 0.2) is 0 Å². The topological polar surface area (TPSA) is 66.5 Å². The predicted octanol–water partition coefficient (Wildman–Crippen LogP) is 0.699. The summed E-state index contributed by atoms with van der Waals surface area (Å²) in [5, 5.41) is 18.0. The fourth-order valence-corrected chi connectivity index (χ4v) is 1.20. The fourth-order valence-electron chi connectivity index (χ4n) is 1.20. The van der Waals surface area contributed by atoms with E-state index in [-0.39, 0.29) is 12.2 Å². The summed E-state index contributed by atoms with van der Waals surface area (Å²) >= 11 is 0. The van der Waals surface area contributed by atoms with Gasteiger partial charge in [-0.25, -0.2) is 4.39 Å². The number of aliphatic hydroxyl groups excluding tert-OH is 2. The minimum Gasteiger partial charge on any atom is -0.392 e. The second-order valence-corrected chi connectivity index (χ2v) is 3.28. The Hall–Kier alpha value is -0.970. The highest BCUT2D eigenvalue weighted by molar-refractivity contribution is 5.27. The summed E-state index contributed by atoms with van der Waals surface area (Å²) in [6, 6.07) is 3.66. The molecule has 0 fully saturated rings. The zero-order valence-electron chi connectivity index (χ0n) is 7.94. The number of benzene rings is 1. The molecule has 4 heteroatoms. The van der Waals surface area contributed by atoms with Gasteiger partial charge in [-0.2, -0.15) is 0 Å². The van der Waals surface area contributed by atoms with Crippen LogP contribution in [-0.4, -0.2) is 16.3 Å². The van der Waals surface area contributed by atoms with Crippen molar-refractivity contribution in [2.24, 2.45) is 5.73 Å². The van der Waals surface area contributed by atoms with Gasteiger partial charge >= 0.3 is 0 Å². The van der Waals surface area contributed by atoms with E-state index in [0.717, 1.165) is 0 Å². The highest BCUT2D eigenvalue weighted by atomic mass is 19.1. The Morgan fingerprint density at radius 3 is 2.64 bits per heavy atom.